The molecule has 1 fully saturated rings. The van der Waals surface area contributed by atoms with Crippen molar-refractivity contribution >= 4 is 22.5 Å². The molecule has 7 heteroatoms. The molecule has 0 spiro atoms. The van der Waals surface area contributed by atoms with E-state index in [2.05, 4.69) is 25.3 Å². The fraction of sp³-hybridized carbons (Fsp3) is 0.276. The Morgan fingerprint density at radius 3 is 2.42 bits per heavy atom. The van der Waals surface area contributed by atoms with Crippen LogP contribution in [0.4, 0.5) is 10.1 Å². The van der Waals surface area contributed by atoms with Gasteiger partial charge in [-0.2, -0.15) is 0 Å². The van der Waals surface area contributed by atoms with Gasteiger partial charge < -0.3 is 10.2 Å². The Morgan fingerprint density at radius 2 is 1.64 bits per heavy atom. The third-order valence-electron chi connectivity index (χ3n) is 6.72. The summed E-state index contributed by atoms with van der Waals surface area (Å²) in [6.45, 7) is 6.81. The van der Waals surface area contributed by atoms with Crippen molar-refractivity contribution in [2.45, 2.75) is 13.3 Å². The summed E-state index contributed by atoms with van der Waals surface area (Å²) in [5, 5.41) is 12.7. The van der Waals surface area contributed by atoms with Crippen molar-refractivity contribution in [1.82, 2.24) is 20.4 Å². The van der Waals surface area contributed by atoms with E-state index in [1.165, 1.54) is 6.07 Å². The number of rotatable bonds is 7. The third-order valence-corrected chi connectivity index (χ3v) is 6.72. The lowest BCUT2D eigenvalue weighted by molar-refractivity contribution is 0.0953. The average Bonchev–Trinajstić information content (AvgIpc) is 2.91. The number of benzene rings is 3. The van der Waals surface area contributed by atoms with Gasteiger partial charge in [0.05, 0.1) is 16.8 Å². The molecule has 1 aromatic heterocycles. The first-order valence-corrected chi connectivity index (χ1v) is 12.4. The molecule has 6 nitrogen and oxygen atoms in total. The maximum atomic E-state index is 14.1. The lowest BCUT2D eigenvalue weighted by Gasteiger charge is -2.36. The lowest BCUT2D eigenvalue weighted by atomic mass is 10.0. The number of aromatic nitrogens is 2. The molecule has 0 bridgehead atoms. The first kappa shape index (κ1) is 23.9. The highest BCUT2D eigenvalue weighted by Gasteiger charge is 2.21. The molecule has 0 atom stereocenters. The maximum absolute atomic E-state index is 14.1. The molecule has 0 saturated carbocycles. The molecule has 1 N–H and O–H groups in total. The number of aryl methyl sites for hydroxylation is 1. The van der Waals surface area contributed by atoms with Crippen LogP contribution in [-0.2, 0) is 0 Å². The van der Waals surface area contributed by atoms with E-state index in [1.807, 2.05) is 67.6 Å². The number of fused-ring (bicyclic) bond motifs is 1. The van der Waals surface area contributed by atoms with E-state index in [1.54, 1.807) is 6.07 Å². The molecule has 0 unspecified atom stereocenters. The number of piperazine rings is 1. The van der Waals surface area contributed by atoms with E-state index in [4.69, 9.17) is 0 Å². The highest BCUT2D eigenvalue weighted by Crippen LogP contribution is 2.27. The summed E-state index contributed by atoms with van der Waals surface area (Å²) in [6, 6.07) is 22.5. The molecule has 5 rings (SSSR count). The van der Waals surface area contributed by atoms with Gasteiger partial charge in [-0.3, -0.25) is 9.69 Å². The lowest BCUT2D eigenvalue weighted by Crippen LogP contribution is -2.47. The van der Waals surface area contributed by atoms with E-state index >= 15 is 0 Å². The van der Waals surface area contributed by atoms with Crippen LogP contribution >= 0.6 is 0 Å². The molecule has 1 saturated heterocycles. The SMILES string of the molecule is Cc1ccc(-c2nnc3ccccc3c2C(=O)NCCCN2CCN(c3ccccc3F)CC2)cc1. The molecule has 2 heterocycles. The van der Waals surface area contributed by atoms with Crippen LogP contribution in [0, 0.1) is 12.7 Å². The zero-order valence-corrected chi connectivity index (χ0v) is 20.5. The molecular weight excluding hydrogens is 453 g/mol. The second kappa shape index (κ2) is 10.8. The van der Waals surface area contributed by atoms with E-state index in [-0.39, 0.29) is 11.7 Å². The number of amides is 1. The summed E-state index contributed by atoms with van der Waals surface area (Å²) in [7, 11) is 0. The number of nitrogens with one attached hydrogen (secondary N) is 1. The van der Waals surface area contributed by atoms with Gasteiger partial charge >= 0.3 is 0 Å². The smallest absolute Gasteiger partial charge is 0.254 e. The second-order valence-corrected chi connectivity index (χ2v) is 9.20. The molecule has 184 valence electrons. The van der Waals surface area contributed by atoms with Crippen LogP contribution < -0.4 is 10.2 Å². The van der Waals surface area contributed by atoms with Crippen LogP contribution in [0.3, 0.4) is 0 Å². The Kier molecular flexibility index (Phi) is 7.18. The molecule has 36 heavy (non-hydrogen) atoms. The summed E-state index contributed by atoms with van der Waals surface area (Å²) in [4.78, 5) is 17.8. The summed E-state index contributed by atoms with van der Waals surface area (Å²) >= 11 is 0. The summed E-state index contributed by atoms with van der Waals surface area (Å²) < 4.78 is 14.1. The van der Waals surface area contributed by atoms with Crippen molar-refractivity contribution < 1.29 is 9.18 Å². The fourth-order valence-electron chi connectivity index (χ4n) is 4.71. The van der Waals surface area contributed by atoms with Gasteiger partial charge in [0.25, 0.3) is 5.91 Å². The standard InChI is InChI=1S/C29H30FN5O/c1-21-11-13-22(14-12-21)28-27(23-7-2-4-9-25(23)32-33-28)29(36)31-15-6-16-34-17-19-35(20-18-34)26-10-5-3-8-24(26)30/h2-5,7-14H,6,15-20H2,1H3,(H,31,36). The van der Waals surface area contributed by atoms with E-state index in [0.29, 0.717) is 29.0 Å². The van der Waals surface area contributed by atoms with Crippen LogP contribution in [0.1, 0.15) is 22.3 Å². The second-order valence-electron chi connectivity index (χ2n) is 9.20. The monoisotopic (exact) mass is 483 g/mol. The van der Waals surface area contributed by atoms with Crippen molar-refractivity contribution in [2.24, 2.45) is 0 Å². The van der Waals surface area contributed by atoms with Gasteiger partial charge in [-0.25, -0.2) is 4.39 Å². The molecular formula is C29H30FN5O. The number of anilines is 1. The minimum Gasteiger partial charge on any atom is -0.367 e. The van der Waals surface area contributed by atoms with Gasteiger partial charge in [0, 0.05) is 43.7 Å². The number of hydrogen-bond acceptors (Lipinski definition) is 5. The van der Waals surface area contributed by atoms with Crippen LogP contribution in [0.2, 0.25) is 0 Å². The molecule has 1 aliphatic heterocycles. The van der Waals surface area contributed by atoms with Crippen LogP contribution in [0.15, 0.2) is 72.8 Å². The number of hydrogen-bond donors (Lipinski definition) is 1. The zero-order chi connectivity index (χ0) is 24.9. The van der Waals surface area contributed by atoms with E-state index < -0.39 is 0 Å². The van der Waals surface area contributed by atoms with E-state index in [0.717, 1.165) is 55.7 Å². The van der Waals surface area contributed by atoms with Gasteiger partial charge in [0.2, 0.25) is 0 Å². The highest BCUT2D eigenvalue weighted by molar-refractivity contribution is 6.10. The average molecular weight is 484 g/mol. The van der Waals surface area contributed by atoms with Crippen molar-refractivity contribution in [3.05, 3.63) is 89.7 Å². The quantitative estimate of drug-likeness (QED) is 0.387. The first-order valence-electron chi connectivity index (χ1n) is 12.4. The molecule has 1 aliphatic rings. The Labute approximate surface area is 210 Å². The summed E-state index contributed by atoms with van der Waals surface area (Å²) in [6.07, 6.45) is 0.835. The van der Waals surface area contributed by atoms with Gasteiger partial charge in [-0.1, -0.05) is 60.2 Å². The summed E-state index contributed by atoms with van der Waals surface area (Å²) in [5.74, 6) is -0.308. The number of carbonyl (C=O) groups is 1. The zero-order valence-electron chi connectivity index (χ0n) is 20.5. The number of halogens is 1. The highest BCUT2D eigenvalue weighted by atomic mass is 19.1. The molecule has 3 aromatic carbocycles. The van der Waals surface area contributed by atoms with Crippen molar-refractivity contribution in [3.63, 3.8) is 0 Å². The van der Waals surface area contributed by atoms with Gasteiger partial charge in [-0.05, 0) is 38.1 Å². The maximum Gasteiger partial charge on any atom is 0.254 e. The van der Waals surface area contributed by atoms with Crippen LogP contribution in [0.5, 0.6) is 0 Å². The predicted molar refractivity (Wildman–Crippen MR) is 142 cm³/mol. The minimum atomic E-state index is -0.170. The van der Waals surface area contributed by atoms with Crippen LogP contribution in [0.25, 0.3) is 22.2 Å². The van der Waals surface area contributed by atoms with E-state index in [9.17, 15) is 9.18 Å². The molecule has 0 radical (unpaired) electrons. The van der Waals surface area contributed by atoms with Crippen molar-refractivity contribution in [3.8, 4) is 11.3 Å². The van der Waals surface area contributed by atoms with Crippen LogP contribution in [-0.4, -0.2) is 60.3 Å². The van der Waals surface area contributed by atoms with Gasteiger partial charge in [-0.15, -0.1) is 10.2 Å². The Bertz CT molecular complexity index is 1350. The number of carbonyl (C=O) groups excluding carboxylic acids is 1. The van der Waals surface area contributed by atoms with Crippen molar-refractivity contribution in [2.75, 3.05) is 44.2 Å². The fourth-order valence-corrected chi connectivity index (χ4v) is 4.71. The molecule has 0 aliphatic carbocycles. The normalized spacial score (nSPS) is 14.2. The predicted octanol–water partition coefficient (Wildman–Crippen LogP) is 4.69. The number of nitrogens with zero attached hydrogens (tertiary/aromatic N) is 4. The van der Waals surface area contributed by atoms with Gasteiger partial charge in [0.15, 0.2) is 0 Å². The Hall–Kier alpha value is -3.84. The number of para-hydroxylation sites is 1. The first-order chi connectivity index (χ1) is 17.6. The Morgan fingerprint density at radius 1 is 0.917 bits per heavy atom. The molecule has 4 aromatic rings. The third kappa shape index (κ3) is 5.21. The topological polar surface area (TPSA) is 61.4 Å². The minimum absolute atomic E-state index is 0.138. The van der Waals surface area contributed by atoms with Gasteiger partial charge in [0.1, 0.15) is 11.5 Å². The Balaban J connectivity index is 1.20. The molecule has 1 amide bonds. The summed E-state index contributed by atoms with van der Waals surface area (Å²) in [5.41, 5.74) is 4.54. The van der Waals surface area contributed by atoms with Crippen molar-refractivity contribution in [1.29, 1.82) is 0 Å². The largest absolute Gasteiger partial charge is 0.367 e.